The van der Waals surface area contributed by atoms with Crippen molar-refractivity contribution in [3.05, 3.63) is 0 Å². The average Bonchev–Trinajstić information content (AvgIpc) is 3.31. The van der Waals surface area contributed by atoms with E-state index in [4.69, 9.17) is 0 Å². The Morgan fingerprint density at radius 2 is 1.15 bits per heavy atom. The third-order valence-corrected chi connectivity index (χ3v) is 9.02. The van der Waals surface area contributed by atoms with Crippen molar-refractivity contribution in [3.63, 3.8) is 0 Å². The van der Waals surface area contributed by atoms with Gasteiger partial charge in [-0.15, -0.1) is 0 Å². The normalized spacial score (nSPS) is 42.5. The lowest BCUT2D eigenvalue weighted by atomic mass is 9.73. The van der Waals surface area contributed by atoms with E-state index in [1.807, 2.05) is 0 Å². The highest BCUT2D eigenvalue weighted by atomic mass is 14.6. The van der Waals surface area contributed by atoms with Gasteiger partial charge in [-0.1, -0.05) is 79.1 Å². The van der Waals surface area contributed by atoms with Crippen molar-refractivity contribution < 1.29 is 0 Å². The van der Waals surface area contributed by atoms with Crippen LogP contribution in [0, 0.1) is 47.3 Å². The van der Waals surface area contributed by atoms with E-state index in [9.17, 15) is 0 Å². The highest BCUT2D eigenvalue weighted by molar-refractivity contribution is 5.02. The molecule has 0 heterocycles. The zero-order chi connectivity index (χ0) is 18.5. The van der Waals surface area contributed by atoms with E-state index in [-0.39, 0.29) is 0 Å². The fourth-order valence-corrected chi connectivity index (χ4v) is 8.27. The monoisotopic (exact) mass is 360 g/mol. The molecule has 8 atom stereocenters. The summed E-state index contributed by atoms with van der Waals surface area (Å²) < 4.78 is 0. The van der Waals surface area contributed by atoms with Gasteiger partial charge in [-0.05, 0) is 85.9 Å². The van der Waals surface area contributed by atoms with Crippen molar-refractivity contribution >= 4 is 0 Å². The summed E-state index contributed by atoms with van der Waals surface area (Å²) in [5, 5.41) is 0. The predicted molar refractivity (Wildman–Crippen MR) is 115 cm³/mol. The third-order valence-electron chi connectivity index (χ3n) is 9.02. The molecule has 8 unspecified atom stereocenters. The Bertz CT molecular complexity index is 399. The first-order valence-electron chi connectivity index (χ1n) is 12.7. The van der Waals surface area contributed by atoms with Crippen LogP contribution in [-0.4, -0.2) is 0 Å². The van der Waals surface area contributed by atoms with E-state index < -0.39 is 0 Å². The van der Waals surface area contributed by atoms with E-state index in [0.29, 0.717) is 0 Å². The van der Waals surface area contributed by atoms with Gasteiger partial charge in [-0.3, -0.25) is 0 Å². The zero-order valence-corrected chi connectivity index (χ0v) is 18.5. The van der Waals surface area contributed by atoms with Crippen LogP contribution in [-0.2, 0) is 0 Å². The standard InChI is InChI=1S/C26H48/c1-5-9-13-22-19(10-6-2)14-16-23(22)25-18-21(12-8-4)26-20(11-7-3)15-17-24(25)26/h19-26H,5-18H2,1-4H3. The van der Waals surface area contributed by atoms with Gasteiger partial charge in [0.15, 0.2) is 0 Å². The molecule has 0 N–H and O–H groups in total. The SMILES string of the molecule is CCCCC1C(CCC)CCC1C1CC(CCC)C2C(CCC)CCC12. The Hall–Kier alpha value is 0. The van der Waals surface area contributed by atoms with Crippen LogP contribution in [0.3, 0.4) is 0 Å². The molecule has 3 rings (SSSR count). The van der Waals surface area contributed by atoms with Crippen molar-refractivity contribution in [2.24, 2.45) is 47.3 Å². The van der Waals surface area contributed by atoms with Gasteiger partial charge in [-0.25, -0.2) is 0 Å². The summed E-state index contributed by atoms with van der Waals surface area (Å²) in [4.78, 5) is 0. The molecule has 0 bridgehead atoms. The van der Waals surface area contributed by atoms with E-state index in [1.54, 1.807) is 38.5 Å². The fraction of sp³-hybridized carbons (Fsp3) is 1.00. The molecule has 0 radical (unpaired) electrons. The van der Waals surface area contributed by atoms with Crippen molar-refractivity contribution in [3.8, 4) is 0 Å². The summed E-state index contributed by atoms with van der Waals surface area (Å²) in [6.45, 7) is 9.66. The molecule has 0 saturated heterocycles. The topological polar surface area (TPSA) is 0 Å². The van der Waals surface area contributed by atoms with Gasteiger partial charge in [0.25, 0.3) is 0 Å². The summed E-state index contributed by atoms with van der Waals surface area (Å²) >= 11 is 0. The van der Waals surface area contributed by atoms with Gasteiger partial charge in [0.1, 0.15) is 0 Å². The van der Waals surface area contributed by atoms with Crippen LogP contribution in [0.1, 0.15) is 118 Å². The molecule has 0 heteroatoms. The number of unbranched alkanes of at least 4 members (excludes halogenated alkanes) is 1. The molecular weight excluding hydrogens is 312 g/mol. The summed E-state index contributed by atoms with van der Waals surface area (Å²) in [5.41, 5.74) is 0. The number of rotatable bonds is 10. The van der Waals surface area contributed by atoms with Gasteiger partial charge < -0.3 is 0 Å². The lowest BCUT2D eigenvalue weighted by Crippen LogP contribution is -2.26. The minimum Gasteiger partial charge on any atom is -0.0654 e. The Labute approximate surface area is 165 Å². The molecular formula is C26H48. The van der Waals surface area contributed by atoms with Crippen LogP contribution < -0.4 is 0 Å². The Morgan fingerprint density at radius 3 is 1.85 bits per heavy atom. The van der Waals surface area contributed by atoms with Crippen LogP contribution in [0.2, 0.25) is 0 Å². The molecule has 3 fully saturated rings. The van der Waals surface area contributed by atoms with Crippen LogP contribution in [0.5, 0.6) is 0 Å². The first-order valence-corrected chi connectivity index (χ1v) is 12.7. The second kappa shape index (κ2) is 9.97. The molecule has 0 aliphatic heterocycles. The van der Waals surface area contributed by atoms with Crippen LogP contribution >= 0.6 is 0 Å². The summed E-state index contributed by atoms with van der Waals surface area (Å²) in [5.74, 6) is 8.81. The first kappa shape index (κ1) is 20.7. The summed E-state index contributed by atoms with van der Waals surface area (Å²) in [7, 11) is 0. The number of fused-ring (bicyclic) bond motifs is 1. The maximum Gasteiger partial charge on any atom is -0.0326 e. The minimum absolute atomic E-state index is 1.08. The lowest BCUT2D eigenvalue weighted by molar-refractivity contribution is 0.161. The van der Waals surface area contributed by atoms with Crippen molar-refractivity contribution in [2.45, 2.75) is 118 Å². The number of hydrogen-bond donors (Lipinski definition) is 0. The Balaban J connectivity index is 1.74. The van der Waals surface area contributed by atoms with Crippen LogP contribution in [0.4, 0.5) is 0 Å². The second-order valence-corrected chi connectivity index (χ2v) is 10.4. The molecule has 0 aromatic carbocycles. The quantitative estimate of drug-likeness (QED) is 0.366. The van der Waals surface area contributed by atoms with Crippen LogP contribution in [0.15, 0.2) is 0 Å². The minimum atomic E-state index is 1.08. The molecule has 0 spiro atoms. The Morgan fingerprint density at radius 1 is 0.538 bits per heavy atom. The zero-order valence-electron chi connectivity index (χ0n) is 18.5. The second-order valence-electron chi connectivity index (χ2n) is 10.4. The summed E-state index contributed by atoms with van der Waals surface area (Å²) in [6.07, 6.45) is 21.2. The molecule has 0 nitrogen and oxygen atoms in total. The third kappa shape index (κ3) is 4.20. The maximum atomic E-state index is 2.43. The summed E-state index contributed by atoms with van der Waals surface area (Å²) in [6, 6.07) is 0. The van der Waals surface area contributed by atoms with Gasteiger partial charge in [0.2, 0.25) is 0 Å². The highest BCUT2D eigenvalue weighted by Crippen LogP contribution is 2.61. The molecule has 3 aliphatic rings. The smallest absolute Gasteiger partial charge is 0.0326 e. The van der Waals surface area contributed by atoms with Crippen molar-refractivity contribution in [1.82, 2.24) is 0 Å². The van der Waals surface area contributed by atoms with Gasteiger partial charge in [0.05, 0.1) is 0 Å². The van der Waals surface area contributed by atoms with Gasteiger partial charge in [0, 0.05) is 0 Å². The van der Waals surface area contributed by atoms with Gasteiger partial charge in [-0.2, -0.15) is 0 Å². The molecule has 3 aliphatic carbocycles. The lowest BCUT2D eigenvalue weighted by Gasteiger charge is -2.32. The fourth-order valence-electron chi connectivity index (χ4n) is 8.27. The van der Waals surface area contributed by atoms with Crippen molar-refractivity contribution in [1.29, 1.82) is 0 Å². The molecule has 0 amide bonds. The number of hydrogen-bond acceptors (Lipinski definition) is 0. The van der Waals surface area contributed by atoms with E-state index in [0.717, 1.165) is 47.3 Å². The highest BCUT2D eigenvalue weighted by Gasteiger charge is 2.53. The predicted octanol–water partition coefficient (Wildman–Crippen LogP) is 8.50. The van der Waals surface area contributed by atoms with Gasteiger partial charge >= 0.3 is 0 Å². The van der Waals surface area contributed by atoms with E-state index in [1.165, 1.54) is 51.4 Å². The van der Waals surface area contributed by atoms with Crippen LogP contribution in [0.25, 0.3) is 0 Å². The molecule has 3 saturated carbocycles. The molecule has 0 aromatic heterocycles. The Kier molecular flexibility index (Phi) is 7.95. The molecule has 26 heavy (non-hydrogen) atoms. The largest absolute Gasteiger partial charge is 0.0654 e. The molecule has 152 valence electrons. The van der Waals surface area contributed by atoms with Crippen molar-refractivity contribution in [2.75, 3.05) is 0 Å². The average molecular weight is 361 g/mol. The molecule has 0 aromatic rings. The van der Waals surface area contributed by atoms with E-state index >= 15 is 0 Å². The first-order chi connectivity index (χ1) is 12.7. The maximum absolute atomic E-state index is 2.43. The van der Waals surface area contributed by atoms with E-state index in [2.05, 4.69) is 27.7 Å².